The summed E-state index contributed by atoms with van der Waals surface area (Å²) in [4.78, 5) is 38.2. The fourth-order valence-electron chi connectivity index (χ4n) is 4.06. The Morgan fingerprint density at radius 2 is 1.91 bits per heavy atom. The summed E-state index contributed by atoms with van der Waals surface area (Å²) in [6.45, 7) is 12.5. The Balaban J connectivity index is 1.83. The summed E-state index contributed by atoms with van der Waals surface area (Å²) in [6.07, 6.45) is 4.31. The lowest BCUT2D eigenvalue weighted by Gasteiger charge is -2.35. The van der Waals surface area contributed by atoms with E-state index < -0.39 is 0 Å². The highest BCUT2D eigenvalue weighted by molar-refractivity contribution is 8.26. The second-order valence-electron chi connectivity index (χ2n) is 8.32. The number of hydrogen-bond acceptors (Lipinski definition) is 7. The van der Waals surface area contributed by atoms with Gasteiger partial charge in [-0.05, 0) is 44.5 Å². The van der Waals surface area contributed by atoms with Crippen molar-refractivity contribution in [2.45, 2.75) is 40.2 Å². The molecule has 0 aromatic carbocycles. The first-order valence-electron chi connectivity index (χ1n) is 11.1. The molecule has 2 fully saturated rings. The first-order valence-corrected chi connectivity index (χ1v) is 12.3. The molecule has 1 amide bonds. The third-order valence-electron chi connectivity index (χ3n) is 6.24. The van der Waals surface area contributed by atoms with Crippen molar-refractivity contribution in [1.29, 1.82) is 0 Å². The highest BCUT2D eigenvalue weighted by atomic mass is 32.2. The third-order valence-corrected chi connectivity index (χ3v) is 7.57. The fourth-order valence-corrected chi connectivity index (χ4v) is 5.51. The second kappa shape index (κ2) is 9.33. The molecule has 32 heavy (non-hydrogen) atoms. The molecule has 0 radical (unpaired) electrons. The van der Waals surface area contributed by atoms with Gasteiger partial charge in [0.2, 0.25) is 0 Å². The largest absolute Gasteiger partial charge is 0.353 e. The number of piperazine rings is 1. The molecular formula is C23H29N5O2S2. The van der Waals surface area contributed by atoms with Crippen molar-refractivity contribution in [1.82, 2.24) is 19.2 Å². The zero-order valence-corrected chi connectivity index (χ0v) is 20.6. The molecule has 0 aliphatic carbocycles. The van der Waals surface area contributed by atoms with E-state index in [0.29, 0.717) is 26.3 Å². The molecule has 0 bridgehead atoms. The maximum atomic E-state index is 13.6. The number of thioether (sulfide) groups is 1. The molecule has 0 N–H and O–H groups in total. The lowest BCUT2D eigenvalue weighted by molar-refractivity contribution is -0.123. The predicted octanol–water partition coefficient (Wildman–Crippen LogP) is 3.14. The van der Waals surface area contributed by atoms with Crippen molar-refractivity contribution in [2.75, 3.05) is 37.6 Å². The number of rotatable bonds is 5. The summed E-state index contributed by atoms with van der Waals surface area (Å²) in [7, 11) is 0. The number of carbonyl (C=O) groups is 1. The monoisotopic (exact) mass is 471 g/mol. The molecule has 2 aliphatic heterocycles. The highest BCUT2D eigenvalue weighted by Gasteiger charge is 2.35. The van der Waals surface area contributed by atoms with Crippen LogP contribution in [0.15, 0.2) is 28.0 Å². The number of carbonyl (C=O) groups excluding carboxylic acids is 1. The van der Waals surface area contributed by atoms with E-state index in [-0.39, 0.29) is 17.5 Å². The average Bonchev–Trinajstić information content (AvgIpc) is 3.08. The maximum absolute atomic E-state index is 13.6. The van der Waals surface area contributed by atoms with Gasteiger partial charge in [-0.1, -0.05) is 43.9 Å². The first-order chi connectivity index (χ1) is 15.3. The van der Waals surface area contributed by atoms with E-state index >= 15 is 0 Å². The Morgan fingerprint density at radius 1 is 1.19 bits per heavy atom. The van der Waals surface area contributed by atoms with Gasteiger partial charge in [0.1, 0.15) is 15.8 Å². The fraction of sp³-hybridized carbons (Fsp3) is 0.478. The van der Waals surface area contributed by atoms with Crippen molar-refractivity contribution in [3.63, 3.8) is 0 Å². The topological polar surface area (TPSA) is 61.2 Å². The van der Waals surface area contributed by atoms with Gasteiger partial charge < -0.3 is 9.80 Å². The van der Waals surface area contributed by atoms with Crippen molar-refractivity contribution >= 4 is 51.7 Å². The van der Waals surface area contributed by atoms with Crippen LogP contribution in [-0.2, 0) is 4.79 Å². The van der Waals surface area contributed by atoms with Crippen LogP contribution in [0.5, 0.6) is 0 Å². The minimum Gasteiger partial charge on any atom is -0.353 e. The quantitative estimate of drug-likeness (QED) is 0.490. The summed E-state index contributed by atoms with van der Waals surface area (Å²) >= 11 is 6.74. The van der Waals surface area contributed by atoms with E-state index in [1.54, 1.807) is 21.6 Å². The van der Waals surface area contributed by atoms with Crippen LogP contribution < -0.4 is 10.5 Å². The van der Waals surface area contributed by atoms with Gasteiger partial charge in [-0.15, -0.1) is 0 Å². The molecular weight excluding hydrogens is 442 g/mol. The zero-order chi connectivity index (χ0) is 23.0. The number of aromatic nitrogens is 2. The molecule has 1 atom stereocenters. The summed E-state index contributed by atoms with van der Waals surface area (Å²) < 4.78 is 2.11. The number of fused-ring (bicyclic) bond motifs is 1. The van der Waals surface area contributed by atoms with Gasteiger partial charge in [0.05, 0.1) is 10.5 Å². The summed E-state index contributed by atoms with van der Waals surface area (Å²) in [6, 6.07) is 3.85. The van der Waals surface area contributed by atoms with Crippen LogP contribution in [-0.4, -0.2) is 68.2 Å². The molecule has 4 rings (SSSR count). The van der Waals surface area contributed by atoms with E-state index in [1.165, 1.54) is 11.8 Å². The molecule has 170 valence electrons. The molecule has 2 aromatic heterocycles. The van der Waals surface area contributed by atoms with Gasteiger partial charge in [0.25, 0.3) is 11.5 Å². The van der Waals surface area contributed by atoms with Gasteiger partial charge in [-0.3, -0.25) is 18.9 Å². The minimum atomic E-state index is -0.166. The zero-order valence-electron chi connectivity index (χ0n) is 19.0. The Labute approximate surface area is 198 Å². The van der Waals surface area contributed by atoms with Crippen LogP contribution >= 0.6 is 24.0 Å². The molecule has 7 nitrogen and oxygen atoms in total. The van der Waals surface area contributed by atoms with E-state index in [2.05, 4.69) is 16.7 Å². The smallest absolute Gasteiger partial charge is 0.267 e. The maximum Gasteiger partial charge on any atom is 0.267 e. The van der Waals surface area contributed by atoms with Crippen molar-refractivity contribution in [2.24, 2.45) is 0 Å². The van der Waals surface area contributed by atoms with E-state index in [9.17, 15) is 9.59 Å². The number of aryl methyl sites for hydroxylation is 1. The van der Waals surface area contributed by atoms with Gasteiger partial charge in [0.15, 0.2) is 0 Å². The number of nitrogens with zero attached hydrogens (tertiary/aromatic N) is 5. The molecule has 2 aliphatic rings. The highest BCUT2D eigenvalue weighted by Crippen LogP contribution is 2.35. The van der Waals surface area contributed by atoms with Crippen molar-refractivity contribution < 1.29 is 4.79 Å². The predicted molar refractivity (Wildman–Crippen MR) is 135 cm³/mol. The van der Waals surface area contributed by atoms with Gasteiger partial charge in [-0.2, -0.15) is 0 Å². The van der Waals surface area contributed by atoms with Gasteiger partial charge in [-0.25, -0.2) is 4.98 Å². The average molecular weight is 472 g/mol. The number of pyridine rings is 1. The van der Waals surface area contributed by atoms with Crippen LogP contribution in [0.1, 0.15) is 38.3 Å². The van der Waals surface area contributed by atoms with E-state index in [4.69, 9.17) is 17.2 Å². The lowest BCUT2D eigenvalue weighted by atomic mass is 10.2. The lowest BCUT2D eigenvalue weighted by Crippen LogP contribution is -2.47. The van der Waals surface area contributed by atoms with Crippen LogP contribution in [0, 0.1) is 6.92 Å². The number of likely N-dealkylation sites (N-methyl/N-ethyl adjacent to an activating group) is 1. The summed E-state index contributed by atoms with van der Waals surface area (Å²) in [5, 5.41) is 0. The van der Waals surface area contributed by atoms with Crippen molar-refractivity contribution in [3.8, 4) is 0 Å². The molecule has 0 unspecified atom stereocenters. The first kappa shape index (κ1) is 22.9. The standard InChI is InChI=1S/C23H29N5O2S2/c1-5-16(4)28-22(30)18(32-23(28)31)13-17-20(26-11-9-25(6-2)10-12-26)24-19-8-7-15(3)14-27(19)21(17)29/h7-8,13-14,16H,5-6,9-12H2,1-4H3/b18-13-/t16-/m1/s1. The molecule has 0 saturated carbocycles. The Bertz CT molecular complexity index is 1150. The Kier molecular flexibility index (Phi) is 6.69. The second-order valence-corrected chi connectivity index (χ2v) is 9.99. The SMILES string of the molecule is CC[C@@H](C)N1C(=O)/C(=C/c2c(N3CCN(CC)CC3)nc3ccc(C)cn3c2=O)SC1=S. The van der Waals surface area contributed by atoms with Crippen LogP contribution in [0.4, 0.5) is 5.82 Å². The van der Waals surface area contributed by atoms with Crippen molar-refractivity contribution in [3.05, 3.63) is 44.7 Å². The van der Waals surface area contributed by atoms with E-state index in [0.717, 1.165) is 44.7 Å². The molecule has 2 aromatic rings. The number of anilines is 1. The normalized spacial score (nSPS) is 20.1. The Hall–Kier alpha value is -2.23. The molecule has 4 heterocycles. The minimum absolute atomic E-state index is 0.0217. The van der Waals surface area contributed by atoms with Gasteiger partial charge in [0, 0.05) is 38.4 Å². The summed E-state index contributed by atoms with van der Waals surface area (Å²) in [5.74, 6) is 0.508. The summed E-state index contributed by atoms with van der Waals surface area (Å²) in [5.41, 5.74) is 1.86. The number of thiocarbonyl (C=S) groups is 1. The third kappa shape index (κ3) is 4.21. The number of amides is 1. The van der Waals surface area contributed by atoms with Gasteiger partial charge >= 0.3 is 0 Å². The molecule has 0 spiro atoms. The van der Waals surface area contributed by atoms with Crippen LogP contribution in [0.2, 0.25) is 0 Å². The molecule has 2 saturated heterocycles. The van der Waals surface area contributed by atoms with Crippen LogP contribution in [0.25, 0.3) is 11.7 Å². The number of hydrogen-bond donors (Lipinski definition) is 0. The molecule has 9 heteroatoms. The van der Waals surface area contributed by atoms with E-state index in [1.807, 2.05) is 32.9 Å². The van der Waals surface area contributed by atoms with Crippen LogP contribution in [0.3, 0.4) is 0 Å². The Morgan fingerprint density at radius 3 is 2.56 bits per heavy atom.